The summed E-state index contributed by atoms with van der Waals surface area (Å²) in [6.07, 6.45) is 0. The van der Waals surface area contributed by atoms with Gasteiger partial charge in [-0.3, -0.25) is 0 Å². The number of anilines is 6. The molecule has 0 aromatic heterocycles. The van der Waals surface area contributed by atoms with Gasteiger partial charge in [-0.2, -0.15) is 59.9 Å². The first kappa shape index (κ1) is 71.9. The van der Waals surface area contributed by atoms with Gasteiger partial charge >= 0.3 is 0 Å². The van der Waals surface area contributed by atoms with E-state index in [0.29, 0.717) is 70.8 Å². The molecule has 8 aliphatic heterocycles. The van der Waals surface area contributed by atoms with Gasteiger partial charge in [-0.05, 0) is 121 Å². The summed E-state index contributed by atoms with van der Waals surface area (Å²) >= 11 is 0. The molecule has 0 radical (unpaired) electrons. The lowest BCUT2D eigenvalue weighted by atomic mass is 9.33. The lowest BCUT2D eigenvalue weighted by Gasteiger charge is -2.46. The van der Waals surface area contributed by atoms with E-state index < -0.39 is 6.71 Å². The number of nitrogens with zero attached hydrogens (tertiary/aromatic N) is 16. The van der Waals surface area contributed by atoms with Crippen molar-refractivity contribution in [3.8, 4) is 77.9 Å². The monoisotopic (exact) mass is 1600 g/mol. The molecule has 8 aliphatic rings. The van der Waals surface area contributed by atoms with E-state index in [-0.39, 0.29) is 0 Å². The highest BCUT2D eigenvalue weighted by molar-refractivity contribution is 7.00. The minimum atomic E-state index is -0.392. The molecule has 0 amide bonds. The number of guanidine groups is 6. The molecule has 16 aromatic rings. The standard InChI is InChI=1S/C108H67BN16/c1-12-34-68(35-13-1)79-56-58-90-88(64-79)109-89-65-80(69-36-14-2-15-37-69)57-59-91(89)123(96-86(73-44-22-6-23-45-73)62-83(63-87(96)74-46-24-7-25-47-74)102-120-107-116-99(77-52-30-10-31-53-77)112-104-113-100(78-54-32-11-33-55-78)117-108(121-102)125(104)107)93-67-81(70-38-16-3-17-39-70)66-92(94(93)109)122(90)95-84(71-40-18-4-19-41-71)60-82(61-85(95)72-42-20-5-21-43-72)101-118-105-114-97(75-48-26-8-27-49-75)110-103-111-98(76-50-28-9-29-51-76)115-106(119-101)124(103)105/h1-67H. The number of aliphatic imine (C=N–C) groups is 12. The van der Waals surface area contributed by atoms with Crippen molar-refractivity contribution in [1.29, 1.82) is 0 Å². The maximum Gasteiger partial charge on any atom is 0.252 e. The van der Waals surface area contributed by atoms with E-state index in [1.807, 2.05) is 121 Å². The van der Waals surface area contributed by atoms with E-state index in [2.05, 4.69) is 295 Å². The Morgan fingerprint density at radius 3 is 0.616 bits per heavy atom. The van der Waals surface area contributed by atoms with Gasteiger partial charge in [-0.1, -0.05) is 358 Å². The van der Waals surface area contributed by atoms with Gasteiger partial charge in [-0.15, -0.1) is 0 Å². The van der Waals surface area contributed by atoms with E-state index in [0.717, 1.165) is 162 Å². The van der Waals surface area contributed by atoms with Crippen molar-refractivity contribution in [3.05, 3.63) is 440 Å². The van der Waals surface area contributed by atoms with Crippen molar-refractivity contribution in [2.45, 2.75) is 0 Å². The van der Waals surface area contributed by atoms with Crippen LogP contribution in [0, 0.1) is 0 Å². The Kier molecular flexibility index (Phi) is 17.2. The van der Waals surface area contributed by atoms with Crippen LogP contribution in [0.3, 0.4) is 0 Å². The van der Waals surface area contributed by atoms with Crippen LogP contribution in [0.25, 0.3) is 77.9 Å². The number of amidine groups is 6. The van der Waals surface area contributed by atoms with E-state index in [1.54, 1.807) is 9.80 Å². The van der Waals surface area contributed by atoms with Crippen LogP contribution >= 0.6 is 0 Å². The Labute approximate surface area is 720 Å². The number of fused-ring (bicyclic) bond motifs is 4. The average Bonchev–Trinajstić information content (AvgIpc) is 0.682. The third-order valence-corrected chi connectivity index (χ3v) is 23.7. The van der Waals surface area contributed by atoms with Gasteiger partial charge < -0.3 is 9.80 Å². The highest BCUT2D eigenvalue weighted by Gasteiger charge is 2.47. The predicted octanol–water partition coefficient (Wildman–Crippen LogP) is 21.5. The third-order valence-electron chi connectivity index (χ3n) is 23.7. The minimum absolute atomic E-state index is 0.344. The molecule has 0 saturated carbocycles. The van der Waals surface area contributed by atoms with Crippen molar-refractivity contribution in [3.63, 3.8) is 0 Å². The van der Waals surface area contributed by atoms with Crippen LogP contribution in [0.5, 0.6) is 0 Å². The van der Waals surface area contributed by atoms with Crippen molar-refractivity contribution in [2.24, 2.45) is 59.9 Å². The molecule has 582 valence electrons. The van der Waals surface area contributed by atoms with Crippen LogP contribution < -0.4 is 26.2 Å². The molecule has 0 atom stereocenters. The summed E-state index contributed by atoms with van der Waals surface area (Å²) in [5, 5.41) is 0. The fourth-order valence-corrected chi connectivity index (χ4v) is 18.0. The van der Waals surface area contributed by atoms with Gasteiger partial charge in [0.15, 0.2) is 35.0 Å². The highest BCUT2D eigenvalue weighted by atomic mass is 15.5. The Morgan fingerprint density at radius 2 is 0.368 bits per heavy atom. The van der Waals surface area contributed by atoms with Gasteiger partial charge in [0.2, 0.25) is 35.8 Å². The lowest BCUT2D eigenvalue weighted by Crippen LogP contribution is -2.61. The van der Waals surface area contributed by atoms with Crippen molar-refractivity contribution in [1.82, 2.24) is 9.80 Å². The van der Waals surface area contributed by atoms with Gasteiger partial charge in [0.1, 0.15) is 0 Å². The quantitative estimate of drug-likeness (QED) is 0.0935. The topological polar surface area (TPSA) is 161 Å². The number of hydrogen-bond donors (Lipinski definition) is 0. The molecule has 16 aromatic carbocycles. The smallest absolute Gasteiger partial charge is 0.252 e. The zero-order valence-corrected chi connectivity index (χ0v) is 66.9. The van der Waals surface area contributed by atoms with Crippen molar-refractivity contribution in [2.75, 3.05) is 9.80 Å². The summed E-state index contributed by atoms with van der Waals surface area (Å²) in [5.41, 5.74) is 27.9. The molecule has 0 N–H and O–H groups in total. The van der Waals surface area contributed by atoms with Crippen LogP contribution in [-0.2, 0) is 0 Å². The van der Waals surface area contributed by atoms with Crippen LogP contribution in [0.4, 0.5) is 34.1 Å². The predicted molar refractivity (Wildman–Crippen MR) is 512 cm³/mol. The minimum Gasteiger partial charge on any atom is -0.310 e. The molecule has 8 heterocycles. The molecule has 0 aliphatic carbocycles. The fraction of sp³-hybridized carbons (Fsp3) is 0. The van der Waals surface area contributed by atoms with Gasteiger partial charge in [0.05, 0.1) is 11.4 Å². The largest absolute Gasteiger partial charge is 0.310 e. The zero-order valence-electron chi connectivity index (χ0n) is 66.9. The van der Waals surface area contributed by atoms with Gasteiger partial charge in [-0.25, -0.2) is 9.80 Å². The Balaban J connectivity index is 0.798. The summed E-state index contributed by atoms with van der Waals surface area (Å²) in [5.74, 6) is 4.82. The van der Waals surface area contributed by atoms with Gasteiger partial charge in [0, 0.05) is 78.4 Å². The van der Waals surface area contributed by atoms with E-state index in [9.17, 15) is 0 Å². The number of rotatable bonds is 15. The maximum atomic E-state index is 5.49. The Bertz CT molecular complexity index is 6900. The first-order valence-electron chi connectivity index (χ1n) is 41.6. The van der Waals surface area contributed by atoms with Crippen molar-refractivity contribution < 1.29 is 0 Å². The molecule has 24 rings (SSSR count). The molecule has 16 nitrogen and oxygen atoms in total. The molecule has 0 spiro atoms. The fourth-order valence-electron chi connectivity index (χ4n) is 18.0. The molecule has 17 heteroatoms. The third kappa shape index (κ3) is 12.6. The van der Waals surface area contributed by atoms with E-state index in [1.165, 1.54) is 0 Å². The van der Waals surface area contributed by atoms with E-state index in [4.69, 9.17) is 59.9 Å². The molecule has 0 fully saturated rings. The number of hydrogen-bond acceptors (Lipinski definition) is 16. The van der Waals surface area contributed by atoms with Crippen LogP contribution in [0.1, 0.15) is 33.4 Å². The molecule has 0 unspecified atom stereocenters. The molecule has 0 saturated heterocycles. The highest BCUT2D eigenvalue weighted by Crippen LogP contribution is 2.55. The Morgan fingerprint density at radius 1 is 0.152 bits per heavy atom. The van der Waals surface area contributed by atoms with E-state index >= 15 is 0 Å². The summed E-state index contributed by atoms with van der Waals surface area (Å²) in [7, 11) is 0. The van der Waals surface area contributed by atoms with Crippen LogP contribution in [0.2, 0.25) is 0 Å². The summed E-state index contributed by atoms with van der Waals surface area (Å²) in [6.45, 7) is -0.392. The summed E-state index contributed by atoms with van der Waals surface area (Å²) < 4.78 is 0. The lowest BCUT2D eigenvalue weighted by molar-refractivity contribution is 0.827. The molecule has 0 bridgehead atoms. The SMILES string of the molecule is c1ccc(C2=NC3=NC(c4ccccc4)=NC4=NC(c5cc(-c6ccccc6)c(N6c7ccc(-c8ccccc8)cc7B7c8cc(-c9ccccc9)ccc8N(c8c(-c9ccccc9)cc(C9=NC%10=NC(c%11ccccc%11)=NC%11=NC(c%12ccccc%12)=NC(=N9)N%11%10)cc8-c8ccccc8)c8cc(-c9ccccc9)cc6c87)c(-c6ccccc6)c5)=NC(=N2)N34)cc1. The summed E-state index contributed by atoms with van der Waals surface area (Å²) in [6, 6.07) is 143. The summed E-state index contributed by atoms with van der Waals surface area (Å²) in [4.78, 5) is 72.0. The first-order valence-corrected chi connectivity index (χ1v) is 41.6. The molecular formula is C108H67BN16. The molecule has 125 heavy (non-hydrogen) atoms. The van der Waals surface area contributed by atoms with Crippen molar-refractivity contribution >= 4 is 128 Å². The number of benzene rings is 16. The van der Waals surface area contributed by atoms with Crippen LogP contribution in [-0.4, -0.2) is 87.3 Å². The van der Waals surface area contributed by atoms with Crippen LogP contribution in [0.15, 0.2) is 466 Å². The normalized spacial score (nSPS) is 14.9. The second kappa shape index (κ2) is 30.0. The Hall–Kier alpha value is -17.2. The maximum absolute atomic E-state index is 5.49. The van der Waals surface area contributed by atoms with Gasteiger partial charge in [0.25, 0.3) is 6.71 Å². The average molecular weight is 1600 g/mol. The second-order valence-electron chi connectivity index (χ2n) is 31.2. The first-order chi connectivity index (χ1) is 61.9. The zero-order chi connectivity index (χ0) is 82.4. The second-order valence-corrected chi connectivity index (χ2v) is 31.2. The molecular weight excluding hydrogens is 1530 g/mol.